The second-order valence-electron chi connectivity index (χ2n) is 3.52. The Morgan fingerprint density at radius 1 is 1.56 bits per heavy atom. The number of aliphatic carboxylic acids is 1. The van der Waals surface area contributed by atoms with E-state index in [2.05, 4.69) is 26.2 Å². The predicted molar refractivity (Wildman–Crippen MR) is 73.8 cm³/mol. The van der Waals surface area contributed by atoms with Crippen LogP contribution in [0.5, 0.6) is 0 Å². The molecule has 0 aliphatic rings. The van der Waals surface area contributed by atoms with Gasteiger partial charge in [0.15, 0.2) is 0 Å². The van der Waals surface area contributed by atoms with Gasteiger partial charge in [-0.3, -0.25) is 4.79 Å². The first-order valence-electron chi connectivity index (χ1n) is 5.18. The molecule has 0 aliphatic carbocycles. The van der Waals surface area contributed by atoms with Crippen LogP contribution in [0.1, 0.15) is 16.8 Å². The monoisotopic (exact) mass is 332 g/mol. The summed E-state index contributed by atoms with van der Waals surface area (Å²) in [5.41, 5.74) is 0.341. The molecule has 0 radical (unpaired) electrons. The molecular formula is C11H13BrN2O3S. The number of carbonyl (C=O) groups is 2. The van der Waals surface area contributed by atoms with Crippen molar-refractivity contribution in [2.75, 3.05) is 12.0 Å². The third-order valence-electron chi connectivity index (χ3n) is 2.20. The SMILES string of the molecule is CSCC[C@H](NC(=O)c1ccc(Br)nc1)C(=O)O. The van der Waals surface area contributed by atoms with Crippen LogP contribution in [0.3, 0.4) is 0 Å². The molecule has 0 aromatic carbocycles. The third kappa shape index (κ3) is 4.66. The summed E-state index contributed by atoms with van der Waals surface area (Å²) < 4.78 is 0.621. The maximum Gasteiger partial charge on any atom is 0.326 e. The van der Waals surface area contributed by atoms with Gasteiger partial charge in [-0.15, -0.1) is 0 Å². The van der Waals surface area contributed by atoms with Gasteiger partial charge in [0.2, 0.25) is 0 Å². The van der Waals surface area contributed by atoms with E-state index in [9.17, 15) is 9.59 Å². The van der Waals surface area contributed by atoms with Crippen LogP contribution in [-0.4, -0.2) is 40.0 Å². The smallest absolute Gasteiger partial charge is 0.326 e. The van der Waals surface area contributed by atoms with E-state index < -0.39 is 17.9 Å². The Balaban J connectivity index is 2.66. The first kappa shape index (κ1) is 15.0. The molecule has 5 nitrogen and oxygen atoms in total. The van der Waals surface area contributed by atoms with Crippen molar-refractivity contribution in [1.82, 2.24) is 10.3 Å². The molecule has 0 spiro atoms. The summed E-state index contributed by atoms with van der Waals surface area (Å²) in [5, 5.41) is 11.5. The van der Waals surface area contributed by atoms with Crippen molar-refractivity contribution in [2.24, 2.45) is 0 Å². The minimum Gasteiger partial charge on any atom is -0.480 e. The zero-order chi connectivity index (χ0) is 13.5. The molecule has 1 rings (SSSR count). The minimum absolute atomic E-state index is 0.341. The third-order valence-corrected chi connectivity index (χ3v) is 3.32. The molecule has 0 aliphatic heterocycles. The number of hydrogen-bond acceptors (Lipinski definition) is 4. The van der Waals surface area contributed by atoms with Gasteiger partial charge in [-0.05, 0) is 46.5 Å². The highest BCUT2D eigenvalue weighted by atomic mass is 79.9. The molecule has 1 aromatic heterocycles. The molecule has 18 heavy (non-hydrogen) atoms. The number of thioether (sulfide) groups is 1. The number of nitrogens with zero attached hydrogens (tertiary/aromatic N) is 1. The van der Waals surface area contributed by atoms with Gasteiger partial charge in [0.1, 0.15) is 10.6 Å². The van der Waals surface area contributed by atoms with Gasteiger partial charge in [0, 0.05) is 6.20 Å². The molecule has 2 N–H and O–H groups in total. The largest absolute Gasteiger partial charge is 0.480 e. The molecule has 1 aromatic rings. The topological polar surface area (TPSA) is 79.3 Å². The molecule has 0 saturated carbocycles. The molecule has 0 bridgehead atoms. The summed E-state index contributed by atoms with van der Waals surface area (Å²) in [6.45, 7) is 0. The highest BCUT2D eigenvalue weighted by molar-refractivity contribution is 9.10. The zero-order valence-corrected chi connectivity index (χ0v) is 12.1. The van der Waals surface area contributed by atoms with Crippen LogP contribution in [0, 0.1) is 0 Å². The number of amides is 1. The van der Waals surface area contributed by atoms with Gasteiger partial charge in [-0.25, -0.2) is 9.78 Å². The van der Waals surface area contributed by atoms with Gasteiger partial charge in [-0.2, -0.15) is 11.8 Å². The van der Waals surface area contributed by atoms with Gasteiger partial charge < -0.3 is 10.4 Å². The number of carbonyl (C=O) groups excluding carboxylic acids is 1. The lowest BCUT2D eigenvalue weighted by Crippen LogP contribution is -2.41. The van der Waals surface area contributed by atoms with Crippen molar-refractivity contribution in [3.8, 4) is 0 Å². The minimum atomic E-state index is -1.03. The number of nitrogens with one attached hydrogen (secondary N) is 1. The number of rotatable bonds is 6. The fraction of sp³-hybridized carbons (Fsp3) is 0.364. The molecule has 0 fully saturated rings. The van der Waals surface area contributed by atoms with Crippen LogP contribution in [0.2, 0.25) is 0 Å². The average Bonchev–Trinajstić information content (AvgIpc) is 2.34. The first-order chi connectivity index (χ1) is 8.54. The van der Waals surface area contributed by atoms with Crippen molar-refractivity contribution in [2.45, 2.75) is 12.5 Å². The van der Waals surface area contributed by atoms with E-state index in [1.165, 1.54) is 18.0 Å². The van der Waals surface area contributed by atoms with E-state index in [-0.39, 0.29) is 0 Å². The van der Waals surface area contributed by atoms with E-state index in [1.54, 1.807) is 12.1 Å². The summed E-state index contributed by atoms with van der Waals surface area (Å²) >= 11 is 4.70. The second-order valence-corrected chi connectivity index (χ2v) is 5.31. The maximum atomic E-state index is 11.8. The normalized spacial score (nSPS) is 11.9. The number of halogens is 1. The summed E-state index contributed by atoms with van der Waals surface area (Å²) in [7, 11) is 0. The lowest BCUT2D eigenvalue weighted by atomic mass is 10.2. The lowest BCUT2D eigenvalue weighted by Gasteiger charge is -2.13. The van der Waals surface area contributed by atoms with Crippen molar-refractivity contribution < 1.29 is 14.7 Å². The van der Waals surface area contributed by atoms with Crippen LogP contribution in [0.15, 0.2) is 22.9 Å². The van der Waals surface area contributed by atoms with Gasteiger partial charge >= 0.3 is 5.97 Å². The Labute approximate surface area is 117 Å². The Bertz CT molecular complexity index is 425. The predicted octanol–water partition coefficient (Wildman–Crippen LogP) is 1.78. The van der Waals surface area contributed by atoms with Crippen LogP contribution in [-0.2, 0) is 4.79 Å². The summed E-state index contributed by atoms with van der Waals surface area (Å²) in [6.07, 6.45) is 3.68. The molecular weight excluding hydrogens is 320 g/mol. The molecule has 0 unspecified atom stereocenters. The van der Waals surface area contributed by atoms with E-state index in [1.807, 2.05) is 6.26 Å². The van der Waals surface area contributed by atoms with Gasteiger partial charge in [0.25, 0.3) is 5.91 Å². The molecule has 1 heterocycles. The Kier molecular flexibility index (Phi) is 6.14. The number of aromatic nitrogens is 1. The van der Waals surface area contributed by atoms with Crippen molar-refractivity contribution in [3.63, 3.8) is 0 Å². The summed E-state index contributed by atoms with van der Waals surface area (Å²) in [6, 6.07) is 2.35. The fourth-order valence-electron chi connectivity index (χ4n) is 1.24. The van der Waals surface area contributed by atoms with Gasteiger partial charge in [-0.1, -0.05) is 0 Å². The Hall–Kier alpha value is -1.08. The molecule has 98 valence electrons. The van der Waals surface area contributed by atoms with Crippen molar-refractivity contribution in [1.29, 1.82) is 0 Å². The van der Waals surface area contributed by atoms with Gasteiger partial charge in [0.05, 0.1) is 5.56 Å². The zero-order valence-electron chi connectivity index (χ0n) is 9.72. The number of pyridine rings is 1. The number of carboxylic acid groups (broad SMARTS) is 1. The van der Waals surface area contributed by atoms with E-state index in [4.69, 9.17) is 5.11 Å². The second kappa shape index (κ2) is 7.38. The van der Waals surface area contributed by atoms with Crippen molar-refractivity contribution in [3.05, 3.63) is 28.5 Å². The lowest BCUT2D eigenvalue weighted by molar-refractivity contribution is -0.139. The molecule has 7 heteroatoms. The summed E-state index contributed by atoms with van der Waals surface area (Å²) in [5.74, 6) is -0.776. The highest BCUT2D eigenvalue weighted by Crippen LogP contribution is 2.07. The standard InChI is InChI=1S/C11H13BrN2O3S/c1-18-5-4-8(11(16)17)14-10(15)7-2-3-9(12)13-6-7/h2-3,6,8H,4-5H2,1H3,(H,14,15)(H,16,17)/t8-/m0/s1. The van der Waals surface area contributed by atoms with Crippen LogP contribution < -0.4 is 5.32 Å². The highest BCUT2D eigenvalue weighted by Gasteiger charge is 2.20. The Morgan fingerprint density at radius 3 is 2.78 bits per heavy atom. The summed E-state index contributed by atoms with van der Waals surface area (Å²) in [4.78, 5) is 26.7. The number of hydrogen-bond donors (Lipinski definition) is 2. The van der Waals surface area contributed by atoms with Crippen LogP contribution in [0.4, 0.5) is 0 Å². The van der Waals surface area contributed by atoms with Crippen LogP contribution >= 0.6 is 27.7 Å². The van der Waals surface area contributed by atoms with Crippen molar-refractivity contribution >= 4 is 39.6 Å². The van der Waals surface area contributed by atoms with E-state index in [0.29, 0.717) is 22.3 Å². The van der Waals surface area contributed by atoms with Crippen LogP contribution in [0.25, 0.3) is 0 Å². The van der Waals surface area contributed by atoms with E-state index in [0.717, 1.165) is 0 Å². The van der Waals surface area contributed by atoms with E-state index >= 15 is 0 Å². The molecule has 1 amide bonds. The Morgan fingerprint density at radius 2 is 2.28 bits per heavy atom. The first-order valence-corrected chi connectivity index (χ1v) is 7.37. The number of carboxylic acids is 1. The molecule has 1 atom stereocenters. The fourth-order valence-corrected chi connectivity index (χ4v) is 1.95. The molecule has 0 saturated heterocycles. The average molecular weight is 333 g/mol. The maximum absolute atomic E-state index is 11.8. The quantitative estimate of drug-likeness (QED) is 0.776.